The predicted molar refractivity (Wildman–Crippen MR) is 102 cm³/mol. The normalized spacial score (nSPS) is 19.0. The Balaban J connectivity index is -0.000000328. The predicted octanol–water partition coefficient (Wildman–Crippen LogP) is 5.78. The molecule has 0 spiro atoms. The van der Waals surface area contributed by atoms with E-state index in [4.69, 9.17) is 4.74 Å². The first kappa shape index (κ1) is 27.8. The molecule has 2 fully saturated rings. The van der Waals surface area contributed by atoms with Gasteiger partial charge in [0.1, 0.15) is 0 Å². The minimum absolute atomic E-state index is 0. The van der Waals surface area contributed by atoms with Crippen molar-refractivity contribution < 1.29 is 19.1 Å². The van der Waals surface area contributed by atoms with E-state index in [0.29, 0.717) is 0 Å². The highest BCUT2D eigenvalue weighted by Crippen LogP contribution is 2.36. The summed E-state index contributed by atoms with van der Waals surface area (Å²) in [7, 11) is 2.94. The Morgan fingerprint density at radius 3 is 1.67 bits per heavy atom. The third-order valence-electron chi connectivity index (χ3n) is 4.77. The summed E-state index contributed by atoms with van der Waals surface area (Å²) in [6.07, 6.45) is 11.4. The van der Waals surface area contributed by atoms with E-state index in [2.05, 4.69) is 4.74 Å². The Hall–Kier alpha value is -1.06. The number of esters is 2. The zero-order valence-electron chi connectivity index (χ0n) is 13.8. The van der Waals surface area contributed by atoms with Gasteiger partial charge in [0.05, 0.1) is 25.6 Å². The molecule has 146 valence electrons. The van der Waals surface area contributed by atoms with Crippen LogP contribution in [0.25, 0.3) is 0 Å². The number of carbonyl (C=O) groups is 2. The van der Waals surface area contributed by atoms with Gasteiger partial charge in [0.2, 0.25) is 0 Å². The largest absolute Gasteiger partial charge is 0.469 e. The van der Waals surface area contributed by atoms with Crippen LogP contribution in [0.2, 0.25) is 0 Å². The summed E-state index contributed by atoms with van der Waals surface area (Å²) in [5.74, 6) is 0.163. The van der Waals surface area contributed by atoms with E-state index >= 15 is 0 Å². The second-order valence-electron chi connectivity index (χ2n) is 6.47. The molecule has 0 bridgehead atoms. The Morgan fingerprint density at radius 1 is 0.792 bits per heavy atom. The molecule has 2 rings (SSSR count). The van der Waals surface area contributed by atoms with Gasteiger partial charge < -0.3 is 9.47 Å². The highest BCUT2D eigenvalue weighted by molar-refractivity contribution is 5.76. The van der Waals surface area contributed by atoms with Crippen molar-refractivity contribution >= 4 is 11.9 Å². The lowest BCUT2D eigenvalue weighted by molar-refractivity contribution is -0.153. The lowest BCUT2D eigenvalue weighted by atomic mass is 9.76. The average Bonchev–Trinajstić information content (AvgIpc) is 2.55. The number of methoxy groups -OCH3 is 2. The standard InChI is InChI=1S/C9H16O2.C8H14O2.3CH4/c1-9(8(10)11-2)6-4-3-5-7-9;1-10-8(9)7-5-3-2-4-6-7;;;/h3-7H2,1-2H3;7H,2-6H2,1H3;3*1H4. The minimum atomic E-state index is -0.174. The number of ether oxygens (including phenoxy) is 2. The van der Waals surface area contributed by atoms with Gasteiger partial charge in [0.15, 0.2) is 0 Å². The third kappa shape index (κ3) is 8.70. The van der Waals surface area contributed by atoms with Gasteiger partial charge in [-0.25, -0.2) is 0 Å². The fraction of sp³-hybridized carbons (Fsp3) is 0.900. The molecule has 0 radical (unpaired) electrons. The molecule has 0 atom stereocenters. The van der Waals surface area contributed by atoms with Crippen LogP contribution in [0.15, 0.2) is 0 Å². The van der Waals surface area contributed by atoms with Crippen LogP contribution in [0.5, 0.6) is 0 Å². The summed E-state index contributed by atoms with van der Waals surface area (Å²) >= 11 is 0. The molecule has 0 unspecified atom stereocenters. The van der Waals surface area contributed by atoms with Crippen molar-refractivity contribution in [1.29, 1.82) is 0 Å². The lowest BCUT2D eigenvalue weighted by Gasteiger charge is -2.30. The number of hydrogen-bond acceptors (Lipinski definition) is 4. The highest BCUT2D eigenvalue weighted by atomic mass is 16.5. The molecule has 4 heteroatoms. The van der Waals surface area contributed by atoms with Crippen LogP contribution in [0, 0.1) is 11.3 Å². The van der Waals surface area contributed by atoms with Crippen LogP contribution in [0.4, 0.5) is 0 Å². The molecule has 0 saturated heterocycles. The van der Waals surface area contributed by atoms with E-state index < -0.39 is 0 Å². The third-order valence-corrected chi connectivity index (χ3v) is 4.77. The van der Waals surface area contributed by atoms with Crippen molar-refractivity contribution in [3.8, 4) is 0 Å². The van der Waals surface area contributed by atoms with Gasteiger partial charge >= 0.3 is 11.9 Å². The molecular formula is C20H42O4. The quantitative estimate of drug-likeness (QED) is 0.595. The molecule has 0 amide bonds. The Labute approximate surface area is 150 Å². The molecule has 0 heterocycles. The maximum absolute atomic E-state index is 11.3. The molecule has 0 aliphatic heterocycles. The molecular weight excluding hydrogens is 304 g/mol. The van der Waals surface area contributed by atoms with Crippen molar-refractivity contribution in [1.82, 2.24) is 0 Å². The average molecular weight is 347 g/mol. The van der Waals surface area contributed by atoms with Crippen LogP contribution < -0.4 is 0 Å². The smallest absolute Gasteiger partial charge is 0.311 e. The monoisotopic (exact) mass is 346 g/mol. The van der Waals surface area contributed by atoms with Gasteiger partial charge in [-0.05, 0) is 32.6 Å². The second kappa shape index (κ2) is 14.3. The van der Waals surface area contributed by atoms with Gasteiger partial charge in [-0.15, -0.1) is 0 Å². The van der Waals surface area contributed by atoms with Gasteiger partial charge in [-0.1, -0.05) is 60.8 Å². The number of rotatable bonds is 2. The summed E-state index contributed by atoms with van der Waals surface area (Å²) in [4.78, 5) is 22.2. The van der Waals surface area contributed by atoms with E-state index in [9.17, 15) is 9.59 Å². The molecule has 24 heavy (non-hydrogen) atoms. The van der Waals surface area contributed by atoms with Crippen molar-refractivity contribution in [2.45, 2.75) is 93.4 Å². The fourth-order valence-electron chi connectivity index (χ4n) is 3.29. The molecule has 2 aliphatic rings. The fourth-order valence-corrected chi connectivity index (χ4v) is 3.29. The Kier molecular flexibility index (Phi) is 16.5. The lowest BCUT2D eigenvalue weighted by Crippen LogP contribution is -2.31. The van der Waals surface area contributed by atoms with Crippen molar-refractivity contribution in [3.63, 3.8) is 0 Å². The van der Waals surface area contributed by atoms with Gasteiger partial charge in [0, 0.05) is 0 Å². The minimum Gasteiger partial charge on any atom is -0.469 e. The summed E-state index contributed by atoms with van der Waals surface area (Å²) in [6.45, 7) is 2.01. The molecule has 0 aromatic rings. The van der Waals surface area contributed by atoms with E-state index in [1.54, 1.807) is 0 Å². The van der Waals surface area contributed by atoms with E-state index in [0.717, 1.165) is 25.7 Å². The van der Waals surface area contributed by atoms with E-state index in [1.807, 2.05) is 6.92 Å². The molecule has 4 nitrogen and oxygen atoms in total. The summed E-state index contributed by atoms with van der Waals surface area (Å²) in [6, 6.07) is 0. The molecule has 0 aromatic carbocycles. The number of carbonyl (C=O) groups excluding carboxylic acids is 2. The van der Waals surface area contributed by atoms with Crippen molar-refractivity contribution in [2.24, 2.45) is 11.3 Å². The molecule has 0 aromatic heterocycles. The number of hydrogen-bond donors (Lipinski definition) is 0. The zero-order chi connectivity index (χ0) is 15.7. The first-order valence-electron chi connectivity index (χ1n) is 8.20. The first-order valence-corrected chi connectivity index (χ1v) is 8.20. The van der Waals surface area contributed by atoms with Gasteiger partial charge in [-0.2, -0.15) is 0 Å². The zero-order valence-corrected chi connectivity index (χ0v) is 13.8. The Morgan fingerprint density at radius 2 is 1.25 bits per heavy atom. The van der Waals surface area contributed by atoms with Gasteiger partial charge in [-0.3, -0.25) is 9.59 Å². The summed E-state index contributed by atoms with van der Waals surface area (Å²) in [5, 5.41) is 0. The molecule has 0 N–H and O–H groups in total. The van der Waals surface area contributed by atoms with Crippen molar-refractivity contribution in [2.75, 3.05) is 14.2 Å². The molecule has 2 aliphatic carbocycles. The van der Waals surface area contributed by atoms with Crippen LogP contribution in [0.3, 0.4) is 0 Å². The van der Waals surface area contributed by atoms with Crippen LogP contribution >= 0.6 is 0 Å². The van der Waals surface area contributed by atoms with Crippen LogP contribution in [0.1, 0.15) is 93.4 Å². The van der Waals surface area contributed by atoms with Crippen LogP contribution in [-0.2, 0) is 19.1 Å². The van der Waals surface area contributed by atoms with E-state index in [-0.39, 0.29) is 45.6 Å². The first-order chi connectivity index (χ1) is 10.0. The molecule has 2 saturated carbocycles. The van der Waals surface area contributed by atoms with Gasteiger partial charge in [0.25, 0.3) is 0 Å². The second-order valence-corrected chi connectivity index (χ2v) is 6.47. The maximum Gasteiger partial charge on any atom is 0.311 e. The van der Waals surface area contributed by atoms with Crippen molar-refractivity contribution in [3.05, 3.63) is 0 Å². The SMILES string of the molecule is C.C.C.COC(=O)C1(C)CCCCC1.COC(=O)C1CCCCC1. The maximum atomic E-state index is 11.3. The van der Waals surface area contributed by atoms with Crippen LogP contribution in [-0.4, -0.2) is 26.2 Å². The summed E-state index contributed by atoms with van der Waals surface area (Å²) < 4.78 is 9.40. The van der Waals surface area contributed by atoms with E-state index in [1.165, 1.54) is 52.7 Å². The summed E-state index contributed by atoms with van der Waals surface area (Å²) in [5.41, 5.74) is -0.174. The topological polar surface area (TPSA) is 52.6 Å². The Bertz CT molecular complexity index is 327. The highest BCUT2D eigenvalue weighted by Gasteiger charge is 2.35.